The van der Waals surface area contributed by atoms with Gasteiger partial charge in [0.05, 0.1) is 12.1 Å². The van der Waals surface area contributed by atoms with Crippen LogP contribution in [0.3, 0.4) is 0 Å². The summed E-state index contributed by atoms with van der Waals surface area (Å²) in [7, 11) is -3.90. The van der Waals surface area contributed by atoms with Crippen LogP contribution in [0, 0.1) is 17.1 Å². The van der Waals surface area contributed by atoms with Gasteiger partial charge >= 0.3 is 0 Å². The predicted octanol–water partition coefficient (Wildman–Crippen LogP) is 1.59. The molecule has 1 aliphatic heterocycles. The van der Waals surface area contributed by atoms with Crippen molar-refractivity contribution in [2.75, 3.05) is 6.54 Å². The number of aromatic nitrogens is 1. The van der Waals surface area contributed by atoms with Crippen molar-refractivity contribution in [3.8, 4) is 6.07 Å². The number of aliphatic hydroxyl groups excluding tert-OH is 1. The highest BCUT2D eigenvalue weighted by Crippen LogP contribution is 2.36. The normalized spacial score (nSPS) is 21.5. The van der Waals surface area contributed by atoms with Gasteiger partial charge in [0.25, 0.3) is 0 Å². The second-order valence-electron chi connectivity index (χ2n) is 5.52. The predicted molar refractivity (Wildman–Crippen MR) is 82.6 cm³/mol. The van der Waals surface area contributed by atoms with Gasteiger partial charge in [-0.15, -0.1) is 0 Å². The molecule has 0 radical (unpaired) electrons. The molecule has 8 heteroatoms. The van der Waals surface area contributed by atoms with Crippen molar-refractivity contribution in [3.63, 3.8) is 0 Å². The van der Waals surface area contributed by atoms with Crippen molar-refractivity contribution < 1.29 is 17.9 Å². The number of nitriles is 1. The molecule has 6 nitrogen and oxygen atoms in total. The Bertz CT molecular complexity index is 876. The lowest BCUT2D eigenvalue weighted by Crippen LogP contribution is -2.32. The summed E-state index contributed by atoms with van der Waals surface area (Å²) in [4.78, 5) is 3.73. The fourth-order valence-electron chi connectivity index (χ4n) is 2.77. The Morgan fingerprint density at radius 3 is 2.54 bits per heavy atom. The molecule has 1 N–H and O–H groups in total. The van der Waals surface area contributed by atoms with E-state index in [1.807, 2.05) is 6.07 Å². The smallest absolute Gasteiger partial charge is 0.245 e. The SMILES string of the molecule is N#Cc1ccc(S(=O)(=O)N2C[C@H](O)C[C@H]2c2ccc(F)cc2)cn1. The minimum absolute atomic E-state index is 0.0512. The summed E-state index contributed by atoms with van der Waals surface area (Å²) < 4.78 is 40.0. The van der Waals surface area contributed by atoms with Crippen molar-refractivity contribution in [2.45, 2.75) is 23.5 Å². The van der Waals surface area contributed by atoms with E-state index in [0.29, 0.717) is 5.56 Å². The molecule has 124 valence electrons. The van der Waals surface area contributed by atoms with Gasteiger partial charge in [0.15, 0.2) is 0 Å². The van der Waals surface area contributed by atoms with Crippen LogP contribution >= 0.6 is 0 Å². The molecule has 1 aliphatic rings. The van der Waals surface area contributed by atoms with Crippen LogP contribution in [0.1, 0.15) is 23.7 Å². The molecule has 24 heavy (non-hydrogen) atoms. The maximum atomic E-state index is 13.1. The quantitative estimate of drug-likeness (QED) is 0.910. The van der Waals surface area contributed by atoms with E-state index in [1.165, 1.54) is 40.7 Å². The van der Waals surface area contributed by atoms with Crippen molar-refractivity contribution in [1.82, 2.24) is 9.29 Å². The van der Waals surface area contributed by atoms with Gasteiger partial charge in [0, 0.05) is 12.7 Å². The number of benzene rings is 1. The fourth-order valence-corrected chi connectivity index (χ4v) is 4.38. The van der Waals surface area contributed by atoms with Crippen molar-refractivity contribution in [2.24, 2.45) is 0 Å². The van der Waals surface area contributed by atoms with Crippen molar-refractivity contribution >= 4 is 10.0 Å². The fraction of sp³-hybridized carbons (Fsp3) is 0.250. The molecule has 0 bridgehead atoms. The van der Waals surface area contributed by atoms with Gasteiger partial charge < -0.3 is 5.11 Å². The summed E-state index contributed by atoms with van der Waals surface area (Å²) in [6.07, 6.45) is 0.552. The van der Waals surface area contributed by atoms with Gasteiger partial charge in [-0.25, -0.2) is 17.8 Å². The van der Waals surface area contributed by atoms with Gasteiger partial charge in [-0.05, 0) is 36.2 Å². The summed E-state index contributed by atoms with van der Waals surface area (Å²) in [5.41, 5.74) is 0.726. The number of pyridine rings is 1. The zero-order valence-electron chi connectivity index (χ0n) is 12.5. The van der Waals surface area contributed by atoms with E-state index in [-0.39, 0.29) is 23.6 Å². The summed E-state index contributed by atoms with van der Waals surface area (Å²) in [5, 5.41) is 18.7. The van der Waals surface area contributed by atoms with Crippen LogP contribution < -0.4 is 0 Å². The van der Waals surface area contributed by atoms with E-state index < -0.39 is 28.0 Å². The van der Waals surface area contributed by atoms with Crippen LogP contribution in [0.25, 0.3) is 0 Å². The highest BCUT2D eigenvalue weighted by Gasteiger charge is 2.40. The van der Waals surface area contributed by atoms with Crippen LogP contribution in [0.4, 0.5) is 4.39 Å². The van der Waals surface area contributed by atoms with E-state index in [1.54, 1.807) is 0 Å². The molecule has 2 heterocycles. The van der Waals surface area contributed by atoms with E-state index in [2.05, 4.69) is 4.98 Å². The Balaban J connectivity index is 1.98. The lowest BCUT2D eigenvalue weighted by atomic mass is 10.0. The average Bonchev–Trinajstić information content (AvgIpc) is 2.98. The standard InChI is InChI=1S/C16H14FN3O3S/c17-12-3-1-11(2-4-12)16-7-14(21)10-20(16)24(22,23)15-6-5-13(8-18)19-9-15/h1-6,9,14,16,21H,7,10H2/t14-,16+/m1/s1. The maximum Gasteiger partial charge on any atom is 0.245 e. The minimum atomic E-state index is -3.90. The van der Waals surface area contributed by atoms with Crippen LogP contribution in [-0.4, -0.2) is 35.5 Å². The van der Waals surface area contributed by atoms with Gasteiger partial charge in [0.2, 0.25) is 10.0 Å². The monoisotopic (exact) mass is 347 g/mol. The Morgan fingerprint density at radius 1 is 1.25 bits per heavy atom. The molecule has 2 aromatic rings. The Hall–Kier alpha value is -2.34. The number of nitrogens with zero attached hydrogens (tertiary/aromatic N) is 3. The Morgan fingerprint density at radius 2 is 1.96 bits per heavy atom. The van der Waals surface area contributed by atoms with E-state index in [0.717, 1.165) is 6.20 Å². The number of rotatable bonds is 3. The van der Waals surface area contributed by atoms with Crippen molar-refractivity contribution in [1.29, 1.82) is 5.26 Å². The lowest BCUT2D eigenvalue weighted by Gasteiger charge is -2.24. The van der Waals surface area contributed by atoms with E-state index in [4.69, 9.17) is 5.26 Å². The number of sulfonamides is 1. The zero-order chi connectivity index (χ0) is 17.3. The van der Waals surface area contributed by atoms with Gasteiger partial charge in [-0.1, -0.05) is 12.1 Å². The summed E-state index contributed by atoms with van der Waals surface area (Å²) in [6.45, 7) is -0.0512. The Labute approximate surface area is 138 Å². The average molecular weight is 347 g/mol. The van der Waals surface area contributed by atoms with Crippen LogP contribution in [0.15, 0.2) is 47.5 Å². The third-order valence-corrected chi connectivity index (χ3v) is 5.80. The van der Waals surface area contributed by atoms with E-state index >= 15 is 0 Å². The first-order chi connectivity index (χ1) is 11.4. The molecule has 0 amide bonds. The highest BCUT2D eigenvalue weighted by atomic mass is 32.2. The van der Waals surface area contributed by atoms with Gasteiger partial charge in [-0.2, -0.15) is 9.57 Å². The number of β-amino-alcohol motifs (C(OH)–C–C–N with tert-alkyl or cyclic N) is 1. The second kappa shape index (κ2) is 6.28. The lowest BCUT2D eigenvalue weighted by molar-refractivity contribution is 0.188. The van der Waals surface area contributed by atoms with Crippen molar-refractivity contribution in [3.05, 3.63) is 59.7 Å². The van der Waals surface area contributed by atoms with E-state index in [9.17, 15) is 17.9 Å². The summed E-state index contributed by atoms with van der Waals surface area (Å²) in [5.74, 6) is -0.414. The van der Waals surface area contributed by atoms with Gasteiger partial charge in [0.1, 0.15) is 22.5 Å². The number of aliphatic hydroxyl groups is 1. The molecule has 3 rings (SSSR count). The van der Waals surface area contributed by atoms with Crippen LogP contribution in [0.5, 0.6) is 0 Å². The molecular weight excluding hydrogens is 333 g/mol. The van der Waals surface area contributed by atoms with Crippen LogP contribution in [0.2, 0.25) is 0 Å². The maximum absolute atomic E-state index is 13.1. The third-order valence-electron chi connectivity index (χ3n) is 3.95. The number of hydrogen-bond acceptors (Lipinski definition) is 5. The largest absolute Gasteiger partial charge is 0.392 e. The topological polar surface area (TPSA) is 94.3 Å². The number of halogens is 1. The van der Waals surface area contributed by atoms with Crippen LogP contribution in [-0.2, 0) is 10.0 Å². The summed E-state index contributed by atoms with van der Waals surface area (Å²) >= 11 is 0. The molecule has 1 aromatic carbocycles. The molecule has 0 spiro atoms. The molecule has 1 saturated heterocycles. The van der Waals surface area contributed by atoms with Gasteiger partial charge in [-0.3, -0.25) is 0 Å². The molecular formula is C16H14FN3O3S. The first-order valence-electron chi connectivity index (χ1n) is 7.23. The molecule has 1 fully saturated rings. The molecule has 1 aromatic heterocycles. The molecule has 0 saturated carbocycles. The molecule has 2 atom stereocenters. The minimum Gasteiger partial charge on any atom is -0.392 e. The summed E-state index contributed by atoms with van der Waals surface area (Å²) in [6, 6.07) is 9.42. The first kappa shape index (κ1) is 16.5. The second-order valence-corrected chi connectivity index (χ2v) is 7.41. The third kappa shape index (κ3) is 3.01. The molecule has 0 aliphatic carbocycles. The zero-order valence-corrected chi connectivity index (χ0v) is 13.3. The number of hydrogen-bond donors (Lipinski definition) is 1. The molecule has 0 unspecified atom stereocenters. The highest BCUT2D eigenvalue weighted by molar-refractivity contribution is 7.89. The Kier molecular flexibility index (Phi) is 4.32. The first-order valence-corrected chi connectivity index (χ1v) is 8.67.